The molecule has 0 fully saturated rings. The number of benzene rings is 2. The Hall–Kier alpha value is -4.30. The van der Waals surface area contributed by atoms with Gasteiger partial charge in [0.2, 0.25) is 11.6 Å². The van der Waals surface area contributed by atoms with E-state index in [0.717, 1.165) is 4.90 Å². The number of nitro groups is 1. The minimum atomic E-state index is -0.655. The van der Waals surface area contributed by atoms with Crippen LogP contribution in [0.25, 0.3) is 5.82 Å². The number of carbonyl (C=O) groups is 1. The molecule has 2 aromatic heterocycles. The van der Waals surface area contributed by atoms with Crippen molar-refractivity contribution in [2.45, 2.75) is 17.6 Å². The zero-order valence-corrected chi connectivity index (χ0v) is 19.5. The standard InChI is InChI=1S/C20H16ClN9O4S/c1-11(12-7-8-14(21)15(9-12)30(32)33)23-25-20(31)17-16(10-35-13-5-3-2-4-6-13)29(28-24-17)19-18(22)26-34-27-19/h2-9H,10H2,1H3,(H2,22,26)(H,25,31). The molecule has 4 rings (SSSR count). The Bertz CT molecular complexity index is 1420. The summed E-state index contributed by atoms with van der Waals surface area (Å²) in [6.07, 6.45) is 0. The number of aromatic nitrogens is 5. The van der Waals surface area contributed by atoms with E-state index in [9.17, 15) is 14.9 Å². The summed E-state index contributed by atoms with van der Waals surface area (Å²) in [7, 11) is 0. The normalized spacial score (nSPS) is 11.4. The van der Waals surface area contributed by atoms with E-state index in [-0.39, 0.29) is 33.8 Å². The minimum Gasteiger partial charge on any atom is -0.378 e. The Balaban J connectivity index is 1.60. The second-order valence-electron chi connectivity index (χ2n) is 6.93. The molecule has 35 heavy (non-hydrogen) atoms. The Kier molecular flexibility index (Phi) is 7.03. The Morgan fingerprint density at radius 3 is 2.74 bits per heavy atom. The van der Waals surface area contributed by atoms with Crippen LogP contribution in [0.4, 0.5) is 11.5 Å². The molecule has 0 atom stereocenters. The molecule has 178 valence electrons. The predicted octanol–water partition coefficient (Wildman–Crippen LogP) is 3.24. The first-order valence-electron chi connectivity index (χ1n) is 9.85. The fraction of sp³-hybridized carbons (Fsp3) is 0.100. The maximum absolute atomic E-state index is 12.9. The maximum atomic E-state index is 12.9. The summed E-state index contributed by atoms with van der Waals surface area (Å²) < 4.78 is 5.92. The molecule has 15 heteroatoms. The van der Waals surface area contributed by atoms with Gasteiger partial charge in [0.1, 0.15) is 5.02 Å². The fourth-order valence-corrected chi connectivity index (χ4v) is 4.01. The van der Waals surface area contributed by atoms with Gasteiger partial charge in [0.15, 0.2) is 5.69 Å². The van der Waals surface area contributed by atoms with Crippen LogP contribution >= 0.6 is 23.4 Å². The van der Waals surface area contributed by atoms with Crippen molar-refractivity contribution in [3.05, 3.63) is 80.6 Å². The second kappa shape index (κ2) is 10.3. The van der Waals surface area contributed by atoms with Crippen molar-refractivity contribution in [3.8, 4) is 5.82 Å². The van der Waals surface area contributed by atoms with Crippen molar-refractivity contribution in [1.82, 2.24) is 30.7 Å². The number of nitro benzene ring substituents is 1. The number of amides is 1. The van der Waals surface area contributed by atoms with Gasteiger partial charge in [-0.25, -0.2) is 10.1 Å². The molecule has 0 bridgehead atoms. The average Bonchev–Trinajstić information content (AvgIpc) is 3.47. The molecule has 0 aliphatic heterocycles. The number of nitrogens with one attached hydrogen (secondary N) is 1. The Morgan fingerprint density at radius 2 is 2.06 bits per heavy atom. The fourth-order valence-electron chi connectivity index (χ4n) is 2.91. The Morgan fingerprint density at radius 1 is 1.29 bits per heavy atom. The molecule has 2 heterocycles. The number of carbonyl (C=O) groups excluding carboxylic acids is 1. The molecule has 2 aromatic carbocycles. The van der Waals surface area contributed by atoms with Gasteiger partial charge in [-0.15, -0.1) is 16.9 Å². The van der Waals surface area contributed by atoms with Crippen molar-refractivity contribution < 1.29 is 14.3 Å². The van der Waals surface area contributed by atoms with E-state index in [1.165, 1.54) is 28.6 Å². The van der Waals surface area contributed by atoms with Crippen LogP contribution < -0.4 is 11.2 Å². The van der Waals surface area contributed by atoms with E-state index in [4.69, 9.17) is 17.3 Å². The SMILES string of the molecule is CC(=NNC(=O)c1nnn(-c2nonc2N)c1CSc1ccccc1)c1ccc(Cl)c([N+](=O)[O-])c1. The predicted molar refractivity (Wildman–Crippen MR) is 127 cm³/mol. The van der Waals surface area contributed by atoms with Crippen LogP contribution in [0.15, 0.2) is 63.2 Å². The molecule has 0 saturated heterocycles. The number of rotatable bonds is 8. The lowest BCUT2D eigenvalue weighted by atomic mass is 10.1. The van der Waals surface area contributed by atoms with Gasteiger partial charge in [-0.05, 0) is 35.4 Å². The minimum absolute atomic E-state index is 0.00521. The quantitative estimate of drug-likeness (QED) is 0.153. The van der Waals surface area contributed by atoms with Gasteiger partial charge in [0, 0.05) is 22.3 Å². The summed E-state index contributed by atoms with van der Waals surface area (Å²) in [5, 5.41) is 30.4. The highest BCUT2D eigenvalue weighted by Crippen LogP contribution is 2.27. The molecule has 1 amide bonds. The summed E-state index contributed by atoms with van der Waals surface area (Å²) in [5.41, 5.74) is 9.02. The van der Waals surface area contributed by atoms with Gasteiger partial charge < -0.3 is 5.73 Å². The van der Waals surface area contributed by atoms with Crippen LogP contribution in [0.1, 0.15) is 28.7 Å². The third kappa shape index (κ3) is 5.28. The molecular weight excluding hydrogens is 498 g/mol. The van der Waals surface area contributed by atoms with Crippen LogP contribution in [0, 0.1) is 10.1 Å². The van der Waals surface area contributed by atoms with Crippen LogP contribution in [0.3, 0.4) is 0 Å². The van der Waals surface area contributed by atoms with E-state index in [1.807, 2.05) is 30.3 Å². The van der Waals surface area contributed by atoms with Crippen LogP contribution in [0.5, 0.6) is 0 Å². The number of thioether (sulfide) groups is 1. The number of hydrogen-bond donors (Lipinski definition) is 2. The number of nitrogens with two attached hydrogens (primary N) is 1. The molecule has 0 aliphatic carbocycles. The summed E-state index contributed by atoms with van der Waals surface area (Å²) in [6.45, 7) is 1.58. The van der Waals surface area contributed by atoms with Crippen molar-refractivity contribution in [3.63, 3.8) is 0 Å². The van der Waals surface area contributed by atoms with Crippen LogP contribution in [-0.4, -0.2) is 41.8 Å². The molecule has 4 aromatic rings. The number of nitrogens with zero attached hydrogens (tertiary/aromatic N) is 7. The van der Waals surface area contributed by atoms with E-state index < -0.39 is 10.8 Å². The van der Waals surface area contributed by atoms with Gasteiger partial charge in [-0.1, -0.05) is 41.1 Å². The molecule has 3 N–H and O–H groups in total. The average molecular weight is 514 g/mol. The first kappa shape index (κ1) is 23.8. The van der Waals surface area contributed by atoms with Gasteiger partial charge in [0.25, 0.3) is 11.6 Å². The summed E-state index contributed by atoms with van der Waals surface area (Å²) in [6, 6.07) is 13.7. The lowest BCUT2D eigenvalue weighted by Crippen LogP contribution is -2.21. The number of hydrogen-bond acceptors (Lipinski definition) is 11. The van der Waals surface area contributed by atoms with E-state index in [1.54, 1.807) is 13.0 Å². The molecule has 13 nitrogen and oxygen atoms in total. The zero-order valence-electron chi connectivity index (χ0n) is 18.0. The van der Waals surface area contributed by atoms with E-state index in [2.05, 4.69) is 35.8 Å². The molecular formula is C20H16ClN9O4S. The summed E-state index contributed by atoms with van der Waals surface area (Å²) in [4.78, 5) is 24.4. The number of anilines is 1. The van der Waals surface area contributed by atoms with E-state index in [0.29, 0.717) is 17.0 Å². The largest absolute Gasteiger partial charge is 0.378 e. The number of nitrogen functional groups attached to an aromatic ring is 1. The zero-order chi connectivity index (χ0) is 24.9. The molecule has 0 aliphatic rings. The van der Waals surface area contributed by atoms with E-state index >= 15 is 0 Å². The molecule has 0 spiro atoms. The van der Waals surface area contributed by atoms with Crippen molar-refractivity contribution in [2.24, 2.45) is 5.10 Å². The summed E-state index contributed by atoms with van der Waals surface area (Å²) in [5.74, 6) is -0.296. The van der Waals surface area contributed by atoms with Gasteiger partial charge >= 0.3 is 0 Å². The first-order valence-corrected chi connectivity index (χ1v) is 11.2. The third-order valence-electron chi connectivity index (χ3n) is 4.68. The molecule has 0 radical (unpaired) electrons. The highest BCUT2D eigenvalue weighted by atomic mass is 35.5. The van der Waals surface area contributed by atoms with Gasteiger partial charge in [-0.2, -0.15) is 9.78 Å². The topological polar surface area (TPSA) is 180 Å². The third-order valence-corrected chi connectivity index (χ3v) is 6.02. The monoisotopic (exact) mass is 513 g/mol. The maximum Gasteiger partial charge on any atom is 0.293 e. The lowest BCUT2D eigenvalue weighted by Gasteiger charge is -2.06. The molecule has 0 saturated carbocycles. The number of halogens is 1. The van der Waals surface area contributed by atoms with Crippen molar-refractivity contribution in [1.29, 1.82) is 0 Å². The van der Waals surface area contributed by atoms with Crippen LogP contribution in [-0.2, 0) is 5.75 Å². The second-order valence-corrected chi connectivity index (χ2v) is 8.39. The Labute approximate surface area is 206 Å². The van der Waals surface area contributed by atoms with Crippen LogP contribution in [0.2, 0.25) is 5.02 Å². The van der Waals surface area contributed by atoms with Gasteiger partial charge in [-0.3, -0.25) is 14.9 Å². The first-order chi connectivity index (χ1) is 16.8. The highest BCUT2D eigenvalue weighted by Gasteiger charge is 2.24. The molecule has 0 unspecified atom stereocenters. The highest BCUT2D eigenvalue weighted by molar-refractivity contribution is 7.98. The lowest BCUT2D eigenvalue weighted by molar-refractivity contribution is -0.384. The van der Waals surface area contributed by atoms with Gasteiger partial charge in [0.05, 0.1) is 16.3 Å². The number of hydrazone groups is 1. The smallest absolute Gasteiger partial charge is 0.293 e. The van der Waals surface area contributed by atoms with Crippen molar-refractivity contribution >= 4 is 46.5 Å². The summed E-state index contributed by atoms with van der Waals surface area (Å²) >= 11 is 7.30. The van der Waals surface area contributed by atoms with Crippen molar-refractivity contribution in [2.75, 3.05) is 5.73 Å².